The van der Waals surface area contributed by atoms with E-state index in [1.807, 2.05) is 6.92 Å². The molecule has 2 aromatic rings. The Morgan fingerprint density at radius 2 is 1.70 bits per heavy atom. The molecule has 23 heavy (non-hydrogen) atoms. The first kappa shape index (κ1) is 17.6. The van der Waals surface area contributed by atoms with Crippen molar-refractivity contribution in [3.05, 3.63) is 65.5 Å². The predicted molar refractivity (Wildman–Crippen MR) is 89.0 cm³/mol. The Labute approximate surface area is 137 Å². The van der Waals surface area contributed by atoms with Gasteiger partial charge in [-0.15, -0.1) is 0 Å². The van der Waals surface area contributed by atoms with Crippen molar-refractivity contribution in [3.63, 3.8) is 0 Å². The molecule has 6 heteroatoms. The first-order chi connectivity index (χ1) is 10.8. The van der Waals surface area contributed by atoms with Crippen LogP contribution in [0.4, 0.5) is 4.39 Å². The van der Waals surface area contributed by atoms with E-state index in [2.05, 4.69) is 5.32 Å². The summed E-state index contributed by atoms with van der Waals surface area (Å²) in [6.45, 7) is 2.36. The molecule has 1 unspecified atom stereocenters. The zero-order valence-corrected chi connectivity index (χ0v) is 14.3. The zero-order chi connectivity index (χ0) is 17.0. The minimum Gasteiger partial charge on any atom is -0.306 e. The van der Waals surface area contributed by atoms with Gasteiger partial charge >= 0.3 is 0 Å². The van der Waals surface area contributed by atoms with Crippen LogP contribution in [0.5, 0.6) is 0 Å². The van der Waals surface area contributed by atoms with E-state index in [0.29, 0.717) is 12.1 Å². The molecule has 4 nitrogen and oxygen atoms in total. The SMILES string of the molecule is CC(NCc1ccccc1F)c1ccc(S(=O)(=O)N(C)C)cc1. The summed E-state index contributed by atoms with van der Waals surface area (Å²) in [6.07, 6.45) is 0. The van der Waals surface area contributed by atoms with Gasteiger partial charge in [0.2, 0.25) is 10.0 Å². The largest absolute Gasteiger partial charge is 0.306 e. The van der Waals surface area contributed by atoms with Crippen LogP contribution in [0.1, 0.15) is 24.1 Å². The van der Waals surface area contributed by atoms with E-state index < -0.39 is 10.0 Å². The summed E-state index contributed by atoms with van der Waals surface area (Å²) < 4.78 is 38.8. The van der Waals surface area contributed by atoms with Crippen molar-refractivity contribution in [2.45, 2.75) is 24.4 Å². The Hall–Kier alpha value is -1.76. The van der Waals surface area contributed by atoms with Crippen molar-refractivity contribution >= 4 is 10.0 Å². The highest BCUT2D eigenvalue weighted by Crippen LogP contribution is 2.18. The lowest BCUT2D eigenvalue weighted by Gasteiger charge is -2.16. The molecule has 1 atom stereocenters. The number of halogens is 1. The van der Waals surface area contributed by atoms with Gasteiger partial charge in [0.25, 0.3) is 0 Å². The third-order valence-corrected chi connectivity index (χ3v) is 5.54. The molecule has 0 radical (unpaired) electrons. The highest BCUT2D eigenvalue weighted by atomic mass is 32.2. The van der Waals surface area contributed by atoms with Crippen LogP contribution in [-0.4, -0.2) is 26.8 Å². The molecule has 0 aliphatic carbocycles. The summed E-state index contributed by atoms with van der Waals surface area (Å²) in [7, 11) is -0.413. The average molecular weight is 336 g/mol. The van der Waals surface area contributed by atoms with E-state index >= 15 is 0 Å². The van der Waals surface area contributed by atoms with Crippen LogP contribution < -0.4 is 5.32 Å². The Morgan fingerprint density at radius 1 is 1.09 bits per heavy atom. The van der Waals surface area contributed by atoms with Gasteiger partial charge in [0, 0.05) is 32.2 Å². The van der Waals surface area contributed by atoms with Crippen LogP contribution in [0.25, 0.3) is 0 Å². The number of hydrogen-bond donors (Lipinski definition) is 1. The maximum absolute atomic E-state index is 13.6. The van der Waals surface area contributed by atoms with Gasteiger partial charge in [-0.2, -0.15) is 0 Å². The lowest BCUT2D eigenvalue weighted by Crippen LogP contribution is -2.22. The lowest BCUT2D eigenvalue weighted by molar-refractivity contribution is 0.520. The monoisotopic (exact) mass is 336 g/mol. The van der Waals surface area contributed by atoms with Gasteiger partial charge in [-0.05, 0) is 30.7 Å². The molecule has 0 heterocycles. The molecule has 0 aliphatic rings. The van der Waals surface area contributed by atoms with Crippen LogP contribution in [0.3, 0.4) is 0 Å². The number of rotatable bonds is 6. The summed E-state index contributed by atoms with van der Waals surface area (Å²) in [5.41, 5.74) is 1.55. The number of sulfonamides is 1. The molecular formula is C17H21FN2O2S. The van der Waals surface area contributed by atoms with Gasteiger partial charge in [-0.3, -0.25) is 0 Å². The van der Waals surface area contributed by atoms with E-state index in [-0.39, 0.29) is 16.8 Å². The summed E-state index contributed by atoms with van der Waals surface area (Å²) in [5.74, 6) is -0.236. The number of nitrogens with zero attached hydrogens (tertiary/aromatic N) is 1. The van der Waals surface area contributed by atoms with Gasteiger partial charge in [-0.1, -0.05) is 30.3 Å². The molecule has 0 fully saturated rings. The van der Waals surface area contributed by atoms with E-state index in [0.717, 1.165) is 5.56 Å². The molecule has 2 aromatic carbocycles. The molecular weight excluding hydrogens is 315 g/mol. The first-order valence-corrected chi connectivity index (χ1v) is 8.75. The van der Waals surface area contributed by atoms with E-state index in [4.69, 9.17) is 0 Å². The quantitative estimate of drug-likeness (QED) is 0.882. The second kappa shape index (κ2) is 7.21. The minimum absolute atomic E-state index is 0.0225. The van der Waals surface area contributed by atoms with Crippen LogP contribution in [0.15, 0.2) is 53.4 Å². The molecule has 0 bridgehead atoms. The fraction of sp³-hybridized carbons (Fsp3) is 0.294. The topological polar surface area (TPSA) is 49.4 Å². The van der Waals surface area contributed by atoms with Crippen molar-refractivity contribution < 1.29 is 12.8 Å². The second-order valence-corrected chi connectivity index (χ2v) is 7.70. The first-order valence-electron chi connectivity index (χ1n) is 7.31. The third kappa shape index (κ3) is 4.16. The number of benzene rings is 2. The van der Waals surface area contributed by atoms with Gasteiger partial charge in [0.05, 0.1) is 4.90 Å². The molecule has 2 rings (SSSR count). The van der Waals surface area contributed by atoms with Crippen LogP contribution >= 0.6 is 0 Å². The summed E-state index contributed by atoms with van der Waals surface area (Å²) in [5, 5.41) is 3.24. The van der Waals surface area contributed by atoms with E-state index in [1.165, 1.54) is 24.5 Å². The minimum atomic E-state index is -3.42. The fourth-order valence-corrected chi connectivity index (χ4v) is 3.06. The highest BCUT2D eigenvalue weighted by molar-refractivity contribution is 7.89. The van der Waals surface area contributed by atoms with Gasteiger partial charge < -0.3 is 5.32 Å². The summed E-state index contributed by atoms with van der Waals surface area (Å²) in [6, 6.07) is 13.3. The molecule has 0 spiro atoms. The predicted octanol–water partition coefficient (Wildman–Crippen LogP) is 2.93. The van der Waals surface area contributed by atoms with Crippen LogP contribution in [0, 0.1) is 5.82 Å². The van der Waals surface area contributed by atoms with Crippen LogP contribution in [-0.2, 0) is 16.6 Å². The van der Waals surface area contributed by atoms with Crippen molar-refractivity contribution in [2.75, 3.05) is 14.1 Å². The standard InChI is InChI=1S/C17H21FN2O2S/c1-13(19-12-15-6-4-5-7-17(15)18)14-8-10-16(11-9-14)23(21,22)20(2)3/h4-11,13,19H,12H2,1-3H3. The highest BCUT2D eigenvalue weighted by Gasteiger charge is 2.17. The van der Waals surface area contributed by atoms with E-state index in [9.17, 15) is 12.8 Å². The second-order valence-electron chi connectivity index (χ2n) is 5.55. The Kier molecular flexibility index (Phi) is 5.51. The summed E-state index contributed by atoms with van der Waals surface area (Å²) >= 11 is 0. The Morgan fingerprint density at radius 3 is 2.26 bits per heavy atom. The number of hydrogen-bond acceptors (Lipinski definition) is 3. The lowest BCUT2D eigenvalue weighted by atomic mass is 10.1. The van der Waals surface area contributed by atoms with Crippen molar-refractivity contribution in [3.8, 4) is 0 Å². The Bertz CT molecular complexity index is 758. The Balaban J connectivity index is 2.06. The smallest absolute Gasteiger partial charge is 0.242 e. The zero-order valence-electron chi connectivity index (χ0n) is 13.5. The number of nitrogens with one attached hydrogen (secondary N) is 1. The van der Waals surface area contributed by atoms with Crippen molar-refractivity contribution in [1.29, 1.82) is 0 Å². The fourth-order valence-electron chi connectivity index (χ4n) is 2.16. The molecule has 0 aromatic heterocycles. The van der Waals surface area contributed by atoms with Crippen molar-refractivity contribution in [2.24, 2.45) is 0 Å². The molecule has 0 aliphatic heterocycles. The van der Waals surface area contributed by atoms with Gasteiger partial charge in [-0.25, -0.2) is 17.1 Å². The normalized spacial score (nSPS) is 13.3. The average Bonchev–Trinajstić information content (AvgIpc) is 2.53. The molecule has 0 saturated heterocycles. The molecule has 0 saturated carbocycles. The maximum atomic E-state index is 13.6. The molecule has 0 amide bonds. The van der Waals surface area contributed by atoms with Crippen LogP contribution in [0.2, 0.25) is 0 Å². The molecule has 124 valence electrons. The van der Waals surface area contributed by atoms with Gasteiger partial charge in [0.15, 0.2) is 0 Å². The van der Waals surface area contributed by atoms with E-state index in [1.54, 1.807) is 42.5 Å². The maximum Gasteiger partial charge on any atom is 0.242 e. The van der Waals surface area contributed by atoms with Crippen molar-refractivity contribution in [1.82, 2.24) is 9.62 Å². The van der Waals surface area contributed by atoms with Gasteiger partial charge in [0.1, 0.15) is 5.82 Å². The molecule has 1 N–H and O–H groups in total. The summed E-state index contributed by atoms with van der Waals surface area (Å²) in [4.78, 5) is 0.257. The third-order valence-electron chi connectivity index (χ3n) is 3.72.